The molecule has 1 fully saturated rings. The highest BCUT2D eigenvalue weighted by molar-refractivity contribution is 7.13. The van der Waals surface area contributed by atoms with Crippen LogP contribution in [0.15, 0.2) is 17.8 Å². The Morgan fingerprint density at radius 2 is 2.29 bits per heavy atom. The van der Waals surface area contributed by atoms with Crippen LogP contribution >= 0.6 is 11.3 Å². The second-order valence-electron chi connectivity index (χ2n) is 4.79. The number of carbonyl (C=O) groups excluding carboxylic acids is 2. The highest BCUT2D eigenvalue weighted by Crippen LogP contribution is 2.18. The summed E-state index contributed by atoms with van der Waals surface area (Å²) in [5, 5.41) is 11.5. The fourth-order valence-corrected chi connectivity index (χ4v) is 2.29. The van der Waals surface area contributed by atoms with Gasteiger partial charge in [0.25, 0.3) is 5.91 Å². The molecule has 2 amide bonds. The Bertz CT molecular complexity index is 675. The second-order valence-corrected chi connectivity index (χ2v) is 5.68. The van der Waals surface area contributed by atoms with Crippen molar-refractivity contribution in [3.05, 3.63) is 23.5 Å². The van der Waals surface area contributed by atoms with Gasteiger partial charge >= 0.3 is 0 Å². The van der Waals surface area contributed by atoms with Crippen LogP contribution in [0.5, 0.6) is 0 Å². The fraction of sp³-hybridized carbons (Fsp3) is 0.333. The SMILES string of the molecule is Nc1nc(C(=O)Nc2cnn(CC(=O)NC3CC3)c2)cs1. The van der Waals surface area contributed by atoms with E-state index in [0.29, 0.717) is 16.9 Å². The Hall–Kier alpha value is -2.42. The Morgan fingerprint density at radius 3 is 2.95 bits per heavy atom. The Labute approximate surface area is 124 Å². The van der Waals surface area contributed by atoms with Crippen molar-refractivity contribution in [3.8, 4) is 0 Å². The third-order valence-electron chi connectivity index (χ3n) is 2.89. The summed E-state index contributed by atoms with van der Waals surface area (Å²) in [7, 11) is 0. The zero-order valence-electron chi connectivity index (χ0n) is 11.1. The molecule has 2 aromatic rings. The minimum atomic E-state index is -0.357. The van der Waals surface area contributed by atoms with E-state index >= 15 is 0 Å². The first-order chi connectivity index (χ1) is 10.1. The quantitative estimate of drug-likeness (QED) is 0.742. The number of carbonyl (C=O) groups is 2. The predicted octanol–water partition coefficient (Wildman–Crippen LogP) is 0.453. The summed E-state index contributed by atoms with van der Waals surface area (Å²) in [5.74, 6) is -0.435. The van der Waals surface area contributed by atoms with Crippen molar-refractivity contribution in [2.24, 2.45) is 0 Å². The lowest BCUT2D eigenvalue weighted by Gasteiger charge is -2.02. The number of nitrogens with two attached hydrogens (primary N) is 1. The molecule has 0 bridgehead atoms. The average Bonchev–Trinajstić information content (AvgIpc) is 2.95. The first kappa shape index (κ1) is 13.6. The molecule has 21 heavy (non-hydrogen) atoms. The highest BCUT2D eigenvalue weighted by atomic mass is 32.1. The van der Waals surface area contributed by atoms with Crippen molar-refractivity contribution in [2.45, 2.75) is 25.4 Å². The van der Waals surface area contributed by atoms with Gasteiger partial charge in [-0.25, -0.2) is 4.98 Å². The van der Waals surface area contributed by atoms with E-state index in [-0.39, 0.29) is 24.1 Å². The zero-order chi connectivity index (χ0) is 14.8. The van der Waals surface area contributed by atoms with Gasteiger partial charge in [-0.3, -0.25) is 14.3 Å². The van der Waals surface area contributed by atoms with Crippen LogP contribution in [0.1, 0.15) is 23.3 Å². The number of thiazole rings is 1. The zero-order valence-corrected chi connectivity index (χ0v) is 11.9. The van der Waals surface area contributed by atoms with Crippen molar-refractivity contribution < 1.29 is 9.59 Å². The van der Waals surface area contributed by atoms with Gasteiger partial charge in [0.05, 0.1) is 11.9 Å². The van der Waals surface area contributed by atoms with Gasteiger partial charge in [-0.1, -0.05) is 0 Å². The van der Waals surface area contributed by atoms with Gasteiger partial charge in [0.1, 0.15) is 12.2 Å². The van der Waals surface area contributed by atoms with Gasteiger partial charge in [-0.2, -0.15) is 5.10 Å². The van der Waals surface area contributed by atoms with Crippen LogP contribution < -0.4 is 16.4 Å². The summed E-state index contributed by atoms with van der Waals surface area (Å²) in [5.41, 5.74) is 6.25. The smallest absolute Gasteiger partial charge is 0.275 e. The molecule has 1 aliphatic rings. The molecular formula is C12H14N6O2S. The molecule has 0 spiro atoms. The number of hydrogen-bond acceptors (Lipinski definition) is 6. The molecule has 1 saturated carbocycles. The van der Waals surface area contributed by atoms with E-state index in [0.717, 1.165) is 12.8 Å². The maximum Gasteiger partial charge on any atom is 0.275 e. The number of rotatable bonds is 5. The maximum atomic E-state index is 11.9. The first-order valence-electron chi connectivity index (χ1n) is 6.44. The lowest BCUT2D eigenvalue weighted by molar-refractivity contribution is -0.122. The van der Waals surface area contributed by atoms with Gasteiger partial charge in [-0.05, 0) is 12.8 Å². The fourth-order valence-electron chi connectivity index (χ4n) is 1.75. The molecule has 0 radical (unpaired) electrons. The average molecular weight is 306 g/mol. The summed E-state index contributed by atoms with van der Waals surface area (Å²) < 4.78 is 1.47. The molecule has 0 saturated heterocycles. The van der Waals surface area contributed by atoms with Gasteiger partial charge in [0.2, 0.25) is 5.91 Å². The van der Waals surface area contributed by atoms with E-state index in [4.69, 9.17) is 5.73 Å². The van der Waals surface area contributed by atoms with Crippen molar-refractivity contribution in [2.75, 3.05) is 11.1 Å². The molecule has 110 valence electrons. The van der Waals surface area contributed by atoms with Crippen molar-refractivity contribution in [1.29, 1.82) is 0 Å². The van der Waals surface area contributed by atoms with Crippen LogP contribution in [0.2, 0.25) is 0 Å². The number of amides is 2. The van der Waals surface area contributed by atoms with Crippen LogP contribution in [0, 0.1) is 0 Å². The Morgan fingerprint density at radius 1 is 1.48 bits per heavy atom. The normalized spacial score (nSPS) is 13.9. The number of nitrogens with zero attached hydrogens (tertiary/aromatic N) is 3. The minimum Gasteiger partial charge on any atom is -0.375 e. The molecule has 1 aliphatic carbocycles. The largest absolute Gasteiger partial charge is 0.375 e. The number of aromatic nitrogens is 3. The molecule has 3 rings (SSSR count). The molecule has 2 heterocycles. The number of hydrogen-bond donors (Lipinski definition) is 3. The summed E-state index contributed by atoms with van der Waals surface area (Å²) in [6.07, 6.45) is 5.17. The molecule has 0 atom stereocenters. The monoisotopic (exact) mass is 306 g/mol. The first-order valence-corrected chi connectivity index (χ1v) is 7.32. The van der Waals surface area contributed by atoms with Crippen LogP contribution in [-0.2, 0) is 11.3 Å². The summed E-state index contributed by atoms with van der Waals surface area (Å²) in [4.78, 5) is 27.4. The van der Waals surface area contributed by atoms with Gasteiger partial charge < -0.3 is 16.4 Å². The molecule has 0 unspecified atom stereocenters. The van der Waals surface area contributed by atoms with Crippen molar-refractivity contribution >= 4 is 34.0 Å². The lowest BCUT2D eigenvalue weighted by Crippen LogP contribution is -2.29. The van der Waals surface area contributed by atoms with Gasteiger partial charge in [0, 0.05) is 17.6 Å². The topological polar surface area (TPSA) is 115 Å². The summed E-state index contributed by atoms with van der Waals surface area (Å²) in [6, 6.07) is 0.322. The minimum absolute atomic E-state index is 0.0780. The Balaban J connectivity index is 1.56. The molecule has 2 aromatic heterocycles. The van der Waals surface area contributed by atoms with E-state index in [1.54, 1.807) is 11.6 Å². The summed E-state index contributed by atoms with van der Waals surface area (Å²) in [6.45, 7) is 0.135. The van der Waals surface area contributed by atoms with Crippen molar-refractivity contribution in [1.82, 2.24) is 20.1 Å². The van der Waals surface area contributed by atoms with Gasteiger partial charge in [0.15, 0.2) is 5.13 Å². The third-order valence-corrected chi connectivity index (χ3v) is 3.57. The van der Waals surface area contributed by atoms with Crippen LogP contribution in [-0.4, -0.2) is 32.6 Å². The van der Waals surface area contributed by atoms with E-state index in [1.807, 2.05) is 0 Å². The van der Waals surface area contributed by atoms with E-state index in [9.17, 15) is 9.59 Å². The van der Waals surface area contributed by atoms with Crippen molar-refractivity contribution in [3.63, 3.8) is 0 Å². The van der Waals surface area contributed by atoms with Crippen LogP contribution in [0.25, 0.3) is 0 Å². The molecule has 4 N–H and O–H groups in total. The molecule has 8 nitrogen and oxygen atoms in total. The lowest BCUT2D eigenvalue weighted by atomic mass is 10.4. The van der Waals surface area contributed by atoms with Gasteiger partial charge in [-0.15, -0.1) is 11.3 Å². The molecular weight excluding hydrogens is 292 g/mol. The van der Waals surface area contributed by atoms with E-state index in [2.05, 4.69) is 20.7 Å². The summed E-state index contributed by atoms with van der Waals surface area (Å²) >= 11 is 1.20. The molecule has 0 aromatic carbocycles. The third kappa shape index (κ3) is 3.57. The number of anilines is 2. The maximum absolute atomic E-state index is 11.9. The molecule has 0 aliphatic heterocycles. The predicted molar refractivity (Wildman–Crippen MR) is 77.9 cm³/mol. The second kappa shape index (κ2) is 5.52. The van der Waals surface area contributed by atoms with E-state index in [1.165, 1.54) is 22.2 Å². The standard InChI is InChI=1S/C12H14N6O2S/c13-12-17-9(6-21-12)11(20)16-8-3-14-18(4-8)5-10(19)15-7-1-2-7/h3-4,6-7H,1-2,5H2,(H2,13,17)(H,15,19)(H,16,20). The highest BCUT2D eigenvalue weighted by Gasteiger charge is 2.23. The van der Waals surface area contributed by atoms with Crippen LogP contribution in [0.3, 0.4) is 0 Å². The number of nitrogen functional groups attached to an aromatic ring is 1. The number of nitrogens with one attached hydrogen (secondary N) is 2. The van der Waals surface area contributed by atoms with Crippen LogP contribution in [0.4, 0.5) is 10.8 Å². The van der Waals surface area contributed by atoms with E-state index < -0.39 is 0 Å². The Kier molecular flexibility index (Phi) is 3.57. The molecule has 9 heteroatoms.